The van der Waals surface area contributed by atoms with E-state index in [0.717, 1.165) is 62.2 Å². The minimum Gasteiger partial charge on any atom is -0.469 e. The summed E-state index contributed by atoms with van der Waals surface area (Å²) < 4.78 is 13.0. The molecular formula is C19H25IN6O2. The molecule has 3 aromatic heterocycles. The minimum absolute atomic E-state index is 0. The van der Waals surface area contributed by atoms with E-state index < -0.39 is 0 Å². The zero-order chi connectivity index (χ0) is 18.3. The first kappa shape index (κ1) is 20.6. The highest BCUT2D eigenvalue weighted by atomic mass is 127. The van der Waals surface area contributed by atoms with Gasteiger partial charge in [-0.15, -0.1) is 34.2 Å². The molecule has 8 nitrogen and oxygen atoms in total. The number of hydrogen-bond acceptors (Lipinski definition) is 5. The Kier molecular flexibility index (Phi) is 7.66. The predicted octanol–water partition coefficient (Wildman–Crippen LogP) is 2.40. The summed E-state index contributed by atoms with van der Waals surface area (Å²) in [7, 11) is 0. The lowest BCUT2D eigenvalue weighted by atomic mass is 10.2. The maximum absolute atomic E-state index is 5.69. The van der Waals surface area contributed by atoms with Crippen molar-refractivity contribution in [2.24, 2.45) is 4.99 Å². The van der Waals surface area contributed by atoms with Crippen LogP contribution in [0.3, 0.4) is 0 Å². The van der Waals surface area contributed by atoms with Gasteiger partial charge in [0.1, 0.15) is 12.3 Å². The number of fused-ring (bicyclic) bond motifs is 1. The van der Waals surface area contributed by atoms with Gasteiger partial charge in [0.2, 0.25) is 0 Å². The van der Waals surface area contributed by atoms with Gasteiger partial charge in [0.25, 0.3) is 0 Å². The third-order valence-electron chi connectivity index (χ3n) is 4.53. The van der Waals surface area contributed by atoms with Crippen molar-refractivity contribution in [1.82, 2.24) is 25.2 Å². The first-order valence-corrected chi connectivity index (χ1v) is 9.33. The molecule has 1 unspecified atom stereocenters. The van der Waals surface area contributed by atoms with E-state index >= 15 is 0 Å². The molecule has 0 radical (unpaired) electrons. The van der Waals surface area contributed by atoms with E-state index in [4.69, 9.17) is 9.15 Å². The second-order valence-corrected chi connectivity index (χ2v) is 6.48. The Morgan fingerprint density at radius 2 is 2.18 bits per heavy atom. The van der Waals surface area contributed by atoms with Crippen molar-refractivity contribution < 1.29 is 9.15 Å². The third-order valence-corrected chi connectivity index (χ3v) is 4.53. The van der Waals surface area contributed by atoms with Crippen LogP contribution in [0.15, 0.2) is 52.2 Å². The highest BCUT2D eigenvalue weighted by molar-refractivity contribution is 14.0. The SMILES string of the molecule is I.c1coc(CCNC(=NCc2nnc3ccccn23)NCC2CCCO2)c1. The van der Waals surface area contributed by atoms with Gasteiger partial charge in [0.15, 0.2) is 17.4 Å². The van der Waals surface area contributed by atoms with Crippen molar-refractivity contribution in [1.29, 1.82) is 0 Å². The zero-order valence-electron chi connectivity index (χ0n) is 15.6. The number of aromatic nitrogens is 3. The number of rotatable bonds is 7. The minimum atomic E-state index is 0. The van der Waals surface area contributed by atoms with Crippen molar-refractivity contribution in [2.45, 2.75) is 31.9 Å². The smallest absolute Gasteiger partial charge is 0.191 e. The molecule has 0 bridgehead atoms. The maximum atomic E-state index is 5.69. The molecule has 1 aliphatic rings. The fourth-order valence-electron chi connectivity index (χ4n) is 3.10. The van der Waals surface area contributed by atoms with Gasteiger partial charge in [-0.1, -0.05) is 6.07 Å². The van der Waals surface area contributed by atoms with Crippen LogP contribution in [0, 0.1) is 0 Å². The second kappa shape index (κ2) is 10.4. The number of nitrogens with zero attached hydrogens (tertiary/aromatic N) is 4. The van der Waals surface area contributed by atoms with Gasteiger partial charge < -0.3 is 19.8 Å². The molecule has 28 heavy (non-hydrogen) atoms. The second-order valence-electron chi connectivity index (χ2n) is 6.48. The van der Waals surface area contributed by atoms with E-state index in [1.165, 1.54) is 0 Å². The average Bonchev–Trinajstić information content (AvgIpc) is 3.46. The summed E-state index contributed by atoms with van der Waals surface area (Å²) >= 11 is 0. The largest absolute Gasteiger partial charge is 0.469 e. The number of halogens is 1. The van der Waals surface area contributed by atoms with Gasteiger partial charge in [-0.3, -0.25) is 4.40 Å². The van der Waals surface area contributed by atoms with Crippen LogP contribution < -0.4 is 10.6 Å². The van der Waals surface area contributed by atoms with Gasteiger partial charge in [-0.05, 0) is 37.1 Å². The molecule has 1 atom stereocenters. The van der Waals surface area contributed by atoms with E-state index in [2.05, 4.69) is 25.8 Å². The normalized spacial score (nSPS) is 16.9. The number of ether oxygens (including phenoxy) is 1. The molecule has 1 saturated heterocycles. The van der Waals surface area contributed by atoms with Crippen molar-refractivity contribution in [3.05, 3.63) is 54.4 Å². The third kappa shape index (κ3) is 5.44. The van der Waals surface area contributed by atoms with Gasteiger partial charge in [0, 0.05) is 32.3 Å². The number of aliphatic imine (C=N–C) groups is 1. The van der Waals surface area contributed by atoms with Crippen LogP contribution in [0.5, 0.6) is 0 Å². The molecule has 3 aromatic rings. The molecule has 0 spiro atoms. The Bertz CT molecular complexity index is 874. The van der Waals surface area contributed by atoms with E-state index in [1.807, 2.05) is 40.9 Å². The molecule has 0 aliphatic carbocycles. The van der Waals surface area contributed by atoms with Crippen LogP contribution in [0.25, 0.3) is 5.65 Å². The fraction of sp³-hybridized carbons (Fsp3) is 0.421. The van der Waals surface area contributed by atoms with Crippen LogP contribution in [-0.4, -0.2) is 46.4 Å². The quantitative estimate of drug-likeness (QED) is 0.297. The Balaban J connectivity index is 0.00000225. The topological polar surface area (TPSA) is 89.0 Å². The fourth-order valence-corrected chi connectivity index (χ4v) is 3.10. The highest BCUT2D eigenvalue weighted by Crippen LogP contribution is 2.10. The van der Waals surface area contributed by atoms with E-state index in [1.54, 1.807) is 6.26 Å². The van der Waals surface area contributed by atoms with Gasteiger partial charge in [0.05, 0.1) is 12.4 Å². The summed E-state index contributed by atoms with van der Waals surface area (Å²) in [4.78, 5) is 4.68. The van der Waals surface area contributed by atoms with Crippen molar-refractivity contribution >= 4 is 35.6 Å². The number of hydrogen-bond donors (Lipinski definition) is 2. The Morgan fingerprint density at radius 1 is 1.21 bits per heavy atom. The summed E-state index contributed by atoms with van der Waals surface area (Å²) in [6.07, 6.45) is 6.89. The Hall–Kier alpha value is -2.14. The van der Waals surface area contributed by atoms with Crippen molar-refractivity contribution in [2.75, 3.05) is 19.7 Å². The lowest BCUT2D eigenvalue weighted by molar-refractivity contribution is 0.114. The number of nitrogens with one attached hydrogen (secondary N) is 2. The molecule has 4 heterocycles. The molecule has 0 amide bonds. The average molecular weight is 496 g/mol. The van der Waals surface area contributed by atoms with Crippen molar-refractivity contribution in [3.8, 4) is 0 Å². The number of furan rings is 1. The predicted molar refractivity (Wildman–Crippen MR) is 117 cm³/mol. The molecule has 2 N–H and O–H groups in total. The standard InChI is InChI=1S/C19H24N6O2.HI/c1-2-10-25-17(7-1)23-24-18(25)14-22-19(21-13-16-6-4-12-27-16)20-9-8-15-5-3-11-26-15;/h1-3,5,7,10-11,16H,4,6,8-9,12-14H2,(H2,20,21,22);1H. The molecular weight excluding hydrogens is 471 g/mol. The summed E-state index contributed by atoms with van der Waals surface area (Å²) in [5, 5.41) is 15.1. The first-order valence-electron chi connectivity index (χ1n) is 9.33. The first-order chi connectivity index (χ1) is 13.4. The molecule has 150 valence electrons. The van der Waals surface area contributed by atoms with E-state index in [0.29, 0.717) is 6.54 Å². The van der Waals surface area contributed by atoms with Crippen molar-refractivity contribution in [3.63, 3.8) is 0 Å². The molecule has 1 fully saturated rings. The van der Waals surface area contributed by atoms with Crippen LogP contribution in [-0.2, 0) is 17.7 Å². The van der Waals surface area contributed by atoms with Crippen LogP contribution in [0.1, 0.15) is 24.4 Å². The molecule has 1 aliphatic heterocycles. The highest BCUT2D eigenvalue weighted by Gasteiger charge is 2.15. The molecule has 9 heteroatoms. The van der Waals surface area contributed by atoms with E-state index in [9.17, 15) is 0 Å². The zero-order valence-corrected chi connectivity index (χ0v) is 17.9. The summed E-state index contributed by atoms with van der Waals surface area (Å²) in [5.74, 6) is 2.49. The Labute approximate surface area is 180 Å². The summed E-state index contributed by atoms with van der Waals surface area (Å²) in [5.41, 5.74) is 0.822. The monoisotopic (exact) mass is 496 g/mol. The molecule has 4 rings (SSSR count). The van der Waals surface area contributed by atoms with Gasteiger partial charge in [-0.25, -0.2) is 4.99 Å². The van der Waals surface area contributed by atoms with Crippen LogP contribution in [0.2, 0.25) is 0 Å². The van der Waals surface area contributed by atoms with Gasteiger partial charge >= 0.3 is 0 Å². The lowest BCUT2D eigenvalue weighted by Crippen LogP contribution is -2.42. The number of pyridine rings is 1. The maximum Gasteiger partial charge on any atom is 0.191 e. The Morgan fingerprint density at radius 3 is 3.00 bits per heavy atom. The van der Waals surface area contributed by atoms with Crippen LogP contribution in [0.4, 0.5) is 0 Å². The molecule has 0 saturated carbocycles. The summed E-state index contributed by atoms with van der Waals surface area (Å²) in [6.45, 7) is 2.75. The van der Waals surface area contributed by atoms with Gasteiger partial charge in [-0.2, -0.15) is 0 Å². The van der Waals surface area contributed by atoms with Crippen LogP contribution >= 0.6 is 24.0 Å². The van der Waals surface area contributed by atoms with E-state index in [-0.39, 0.29) is 30.1 Å². The molecule has 0 aromatic carbocycles. The lowest BCUT2D eigenvalue weighted by Gasteiger charge is -2.15. The summed E-state index contributed by atoms with van der Waals surface area (Å²) in [6, 6.07) is 9.71. The number of guanidine groups is 1.